The van der Waals surface area contributed by atoms with E-state index in [2.05, 4.69) is 0 Å². The van der Waals surface area contributed by atoms with Crippen molar-refractivity contribution in [3.63, 3.8) is 0 Å². The van der Waals surface area contributed by atoms with Gasteiger partial charge in [0.15, 0.2) is 11.5 Å². The quantitative estimate of drug-likeness (QED) is 0.224. The largest absolute Gasteiger partial charge is 0.502 e. The number of rotatable bonds is 8. The summed E-state index contributed by atoms with van der Waals surface area (Å²) in [5.41, 5.74) is 1.33. The highest BCUT2D eigenvalue weighted by Crippen LogP contribution is 2.56. The van der Waals surface area contributed by atoms with E-state index >= 15 is 0 Å². The highest BCUT2D eigenvalue weighted by atomic mass is 16.5. The van der Waals surface area contributed by atoms with Gasteiger partial charge < -0.3 is 24.8 Å². The van der Waals surface area contributed by atoms with Gasteiger partial charge in [0.1, 0.15) is 0 Å². The number of fused-ring (bicyclic) bond motifs is 4. The first-order valence-corrected chi connectivity index (χ1v) is 16.2. The van der Waals surface area contributed by atoms with Crippen molar-refractivity contribution < 1.29 is 53.6 Å². The number of allylic oxidation sites excluding steroid dienone is 3. The number of anilines is 2. The molecule has 3 aromatic rings. The topological polar surface area (TPSA) is 188 Å². The third-order valence-corrected chi connectivity index (χ3v) is 10.4. The first-order valence-electron chi connectivity index (χ1n) is 16.2. The number of carboxylic acids is 2. The van der Waals surface area contributed by atoms with Crippen molar-refractivity contribution in [2.75, 3.05) is 24.0 Å². The lowest BCUT2D eigenvalue weighted by molar-refractivity contribution is -0.126. The summed E-state index contributed by atoms with van der Waals surface area (Å²) in [6.45, 7) is 0. The number of carbonyl (C=O) groups is 6. The van der Waals surface area contributed by atoms with Gasteiger partial charge in [0.25, 0.3) is 0 Å². The summed E-state index contributed by atoms with van der Waals surface area (Å²) < 4.78 is 10.6. The number of amides is 4. The average molecular weight is 693 g/mol. The van der Waals surface area contributed by atoms with Gasteiger partial charge in [-0.05, 0) is 72.9 Å². The zero-order valence-corrected chi connectivity index (χ0v) is 27.4. The first-order chi connectivity index (χ1) is 24.4. The maximum Gasteiger partial charge on any atom is 0.335 e. The van der Waals surface area contributed by atoms with Gasteiger partial charge in [-0.2, -0.15) is 0 Å². The molecule has 13 heteroatoms. The van der Waals surface area contributed by atoms with E-state index in [4.69, 9.17) is 9.47 Å². The molecule has 0 aromatic heterocycles. The Bertz CT molecular complexity index is 2080. The van der Waals surface area contributed by atoms with Gasteiger partial charge >= 0.3 is 11.9 Å². The van der Waals surface area contributed by atoms with Crippen molar-refractivity contribution >= 4 is 53.0 Å². The van der Waals surface area contributed by atoms with Crippen LogP contribution in [0.3, 0.4) is 0 Å². The smallest absolute Gasteiger partial charge is 0.335 e. The Hall–Kier alpha value is -6.24. The monoisotopic (exact) mass is 692 g/mol. The summed E-state index contributed by atoms with van der Waals surface area (Å²) >= 11 is 0. The number of benzene rings is 3. The molecule has 6 atom stereocenters. The fourth-order valence-corrected chi connectivity index (χ4v) is 8.14. The summed E-state index contributed by atoms with van der Waals surface area (Å²) in [5, 5.41) is 29.6. The van der Waals surface area contributed by atoms with E-state index in [1.54, 1.807) is 24.3 Å². The molecule has 2 heterocycles. The lowest BCUT2D eigenvalue weighted by Gasteiger charge is -2.42. The second-order valence-electron chi connectivity index (χ2n) is 12.9. The summed E-state index contributed by atoms with van der Waals surface area (Å²) in [7, 11) is 2.78. The zero-order valence-electron chi connectivity index (χ0n) is 27.4. The van der Waals surface area contributed by atoms with Gasteiger partial charge in [0.05, 0.1) is 60.4 Å². The molecule has 0 bridgehead atoms. The fourth-order valence-electron chi connectivity index (χ4n) is 8.14. The first kappa shape index (κ1) is 33.3. The van der Waals surface area contributed by atoms with Crippen molar-refractivity contribution in [1.29, 1.82) is 0 Å². The Morgan fingerprint density at radius 3 is 1.78 bits per heavy atom. The minimum absolute atomic E-state index is 0.0860. The van der Waals surface area contributed by atoms with Crippen LogP contribution in [0.1, 0.15) is 39.1 Å². The zero-order chi connectivity index (χ0) is 36.3. The number of phenols is 1. The molecular formula is C38H32N2O11. The van der Waals surface area contributed by atoms with Crippen LogP contribution in [-0.2, 0) is 19.2 Å². The Morgan fingerprint density at radius 1 is 0.725 bits per heavy atom. The number of imide groups is 2. The number of aromatic carboxylic acids is 2. The van der Waals surface area contributed by atoms with Crippen LogP contribution in [0.15, 0.2) is 78.4 Å². The van der Waals surface area contributed by atoms with Gasteiger partial charge in [-0.25, -0.2) is 9.59 Å². The van der Waals surface area contributed by atoms with Crippen molar-refractivity contribution in [3.8, 4) is 17.2 Å². The predicted molar refractivity (Wildman–Crippen MR) is 180 cm³/mol. The van der Waals surface area contributed by atoms with Crippen LogP contribution in [-0.4, -0.2) is 65.1 Å². The summed E-state index contributed by atoms with van der Waals surface area (Å²) in [5.74, 6) is -9.16. The molecule has 2 aliphatic carbocycles. The number of hydrogen-bond acceptors (Lipinski definition) is 9. The molecule has 0 radical (unpaired) electrons. The van der Waals surface area contributed by atoms with Crippen LogP contribution in [0.25, 0.3) is 6.08 Å². The number of ether oxygens (including phenoxy) is 2. The SMILES string of the molecule is COc1cc(C=CC2C3=CCC4C(=O)N(c5cccc(C(=O)O)c5)C(=O)C4C3CC3C(=O)N(c4cccc(C(=O)O)c4)C(=O)C23)cc(OC)c1O. The van der Waals surface area contributed by atoms with Gasteiger partial charge in [0, 0.05) is 5.92 Å². The van der Waals surface area contributed by atoms with E-state index in [1.807, 2.05) is 6.08 Å². The molecule has 6 unspecified atom stereocenters. The molecule has 3 aromatic carbocycles. The van der Waals surface area contributed by atoms with Crippen LogP contribution < -0.4 is 19.3 Å². The standard InChI is InChI=1S/C38H32N2O11/c1-50-28-13-18(14-29(51-2)32(28)41)9-10-24-23-11-12-25-31(36(45)39(33(25)42)21-7-3-5-19(15-21)37(46)47)26(23)17-27-30(24)35(44)40(34(27)43)22-8-4-6-20(16-22)38(48)49/h3-11,13-16,24-27,30-31,41H,12,17H2,1-2H3,(H,46,47)(H,48,49). The van der Waals surface area contributed by atoms with E-state index < -0.39 is 71.1 Å². The normalized spacial score (nSPS) is 25.4. The number of carbonyl (C=O) groups excluding carboxylic acids is 4. The number of hydrogen-bond donors (Lipinski definition) is 3. The number of carboxylic acid groups (broad SMARTS) is 2. The molecule has 260 valence electrons. The number of methoxy groups -OCH3 is 2. The Balaban J connectivity index is 1.31. The van der Waals surface area contributed by atoms with Crippen molar-refractivity contribution in [3.05, 3.63) is 95.1 Å². The van der Waals surface area contributed by atoms with Crippen molar-refractivity contribution in [2.45, 2.75) is 12.8 Å². The molecule has 7 rings (SSSR count). The predicted octanol–water partition coefficient (Wildman–Crippen LogP) is 4.40. The summed E-state index contributed by atoms with van der Waals surface area (Å²) in [4.78, 5) is 82.0. The van der Waals surface area contributed by atoms with E-state index in [0.29, 0.717) is 5.56 Å². The van der Waals surface area contributed by atoms with E-state index in [1.165, 1.54) is 62.8 Å². The third-order valence-electron chi connectivity index (χ3n) is 10.4. The number of nitrogens with zero attached hydrogens (tertiary/aromatic N) is 2. The van der Waals surface area contributed by atoms with Crippen LogP contribution in [0.4, 0.5) is 11.4 Å². The molecule has 13 nitrogen and oxygen atoms in total. The second-order valence-corrected chi connectivity index (χ2v) is 12.9. The van der Waals surface area contributed by atoms with E-state index in [-0.39, 0.29) is 52.6 Å². The molecule has 3 fully saturated rings. The second kappa shape index (κ2) is 12.6. The minimum atomic E-state index is -1.22. The van der Waals surface area contributed by atoms with Crippen molar-refractivity contribution in [2.24, 2.45) is 35.5 Å². The highest BCUT2D eigenvalue weighted by Gasteiger charge is 2.61. The lowest BCUT2D eigenvalue weighted by atomic mass is 9.58. The van der Waals surface area contributed by atoms with Gasteiger partial charge in [-0.15, -0.1) is 0 Å². The molecule has 4 amide bonds. The number of phenolic OH excluding ortho intramolecular Hbond substituents is 1. The summed E-state index contributed by atoms with van der Waals surface area (Å²) in [6, 6.07) is 14.3. The van der Waals surface area contributed by atoms with E-state index in [0.717, 1.165) is 15.4 Å². The number of aromatic hydroxyl groups is 1. The molecule has 51 heavy (non-hydrogen) atoms. The molecule has 3 N–H and O–H groups in total. The fraction of sp³-hybridized carbons (Fsp3) is 0.263. The minimum Gasteiger partial charge on any atom is -0.502 e. The van der Waals surface area contributed by atoms with Crippen LogP contribution >= 0.6 is 0 Å². The molecule has 2 saturated heterocycles. The summed E-state index contributed by atoms with van der Waals surface area (Å²) in [6.07, 6.45) is 5.61. The lowest BCUT2D eigenvalue weighted by Crippen LogP contribution is -2.43. The van der Waals surface area contributed by atoms with Crippen LogP contribution in [0, 0.1) is 35.5 Å². The molecule has 1 saturated carbocycles. The van der Waals surface area contributed by atoms with Crippen LogP contribution in [0.5, 0.6) is 17.2 Å². The van der Waals surface area contributed by atoms with Gasteiger partial charge in [-0.1, -0.05) is 35.9 Å². The van der Waals surface area contributed by atoms with Crippen LogP contribution in [0.2, 0.25) is 0 Å². The Morgan fingerprint density at radius 2 is 1.25 bits per heavy atom. The Kier molecular flexibility index (Phi) is 8.20. The molecule has 2 aliphatic heterocycles. The van der Waals surface area contributed by atoms with Gasteiger partial charge in [-0.3, -0.25) is 29.0 Å². The highest BCUT2D eigenvalue weighted by molar-refractivity contribution is 6.24. The third kappa shape index (κ3) is 5.32. The molecule has 0 spiro atoms. The molecule has 4 aliphatic rings. The molecular weight excluding hydrogens is 660 g/mol. The van der Waals surface area contributed by atoms with E-state index in [9.17, 15) is 44.1 Å². The maximum absolute atomic E-state index is 14.3. The van der Waals surface area contributed by atoms with Gasteiger partial charge in [0.2, 0.25) is 29.4 Å². The maximum atomic E-state index is 14.3. The van der Waals surface area contributed by atoms with Crippen molar-refractivity contribution in [1.82, 2.24) is 0 Å². The average Bonchev–Trinajstić information content (AvgIpc) is 3.54. The Labute approximate surface area is 291 Å².